The molecule has 2 aromatic heterocycles. The molecule has 0 aliphatic rings. The van der Waals surface area contributed by atoms with Gasteiger partial charge in [-0.1, -0.05) is 0 Å². The maximum atomic E-state index is 5.42. The van der Waals surface area contributed by atoms with Crippen LogP contribution in [0.4, 0.5) is 0 Å². The molecule has 5 heteroatoms. The molecule has 0 fully saturated rings. The molecule has 4 nitrogen and oxygen atoms in total. The highest BCUT2D eigenvalue weighted by Gasteiger charge is 2.06. The zero-order valence-electron chi connectivity index (χ0n) is 7.24. The van der Waals surface area contributed by atoms with Crippen molar-refractivity contribution in [3.8, 4) is 10.7 Å². The van der Waals surface area contributed by atoms with Gasteiger partial charge in [-0.2, -0.15) is 5.10 Å². The molecule has 0 radical (unpaired) electrons. The number of nitrogens with two attached hydrogens (primary N) is 1. The fraction of sp³-hybridized carbons (Fsp3) is 0.250. The van der Waals surface area contributed by atoms with E-state index < -0.39 is 0 Å². The minimum atomic E-state index is 0.400. The van der Waals surface area contributed by atoms with Crippen molar-refractivity contribution in [2.45, 2.75) is 13.5 Å². The van der Waals surface area contributed by atoms with Gasteiger partial charge in [-0.05, 0) is 19.1 Å². The molecule has 0 aliphatic heterocycles. The predicted molar refractivity (Wildman–Crippen MR) is 52.3 cm³/mol. The summed E-state index contributed by atoms with van der Waals surface area (Å²) in [6.45, 7) is 2.46. The van der Waals surface area contributed by atoms with E-state index in [1.165, 1.54) is 4.88 Å². The molecular weight excluding hydrogens is 184 g/mol. The summed E-state index contributed by atoms with van der Waals surface area (Å²) in [5.41, 5.74) is 5.42. The second-order valence-electron chi connectivity index (χ2n) is 2.72. The van der Waals surface area contributed by atoms with Crippen LogP contribution in [0.3, 0.4) is 0 Å². The molecule has 0 amide bonds. The molecule has 68 valence electrons. The summed E-state index contributed by atoms with van der Waals surface area (Å²) in [5.74, 6) is 1.46. The standard InChI is InChI=1S/C8H10N4S/c1-5-2-3-6(13-5)8-10-7(4-9)11-12-8/h2-3H,4,9H2,1H3,(H,10,11,12). The molecule has 2 aromatic rings. The Morgan fingerprint density at radius 3 is 2.92 bits per heavy atom. The van der Waals surface area contributed by atoms with Crippen molar-refractivity contribution in [1.82, 2.24) is 15.2 Å². The van der Waals surface area contributed by atoms with Crippen molar-refractivity contribution >= 4 is 11.3 Å². The molecule has 0 aromatic carbocycles. The fourth-order valence-electron chi connectivity index (χ4n) is 1.05. The van der Waals surface area contributed by atoms with Gasteiger partial charge >= 0.3 is 0 Å². The molecular formula is C8H10N4S. The minimum absolute atomic E-state index is 0.400. The zero-order chi connectivity index (χ0) is 9.26. The third-order valence-corrected chi connectivity index (χ3v) is 2.68. The van der Waals surface area contributed by atoms with Crippen molar-refractivity contribution in [3.63, 3.8) is 0 Å². The lowest BCUT2D eigenvalue weighted by Gasteiger charge is -1.84. The van der Waals surface area contributed by atoms with E-state index in [1.807, 2.05) is 6.07 Å². The molecule has 0 bridgehead atoms. The molecule has 0 spiro atoms. The number of H-pyrrole nitrogens is 1. The van der Waals surface area contributed by atoms with Crippen molar-refractivity contribution in [1.29, 1.82) is 0 Å². The average Bonchev–Trinajstić information content (AvgIpc) is 2.71. The lowest BCUT2D eigenvalue weighted by atomic mass is 10.4. The van der Waals surface area contributed by atoms with Crippen molar-refractivity contribution in [2.75, 3.05) is 0 Å². The quantitative estimate of drug-likeness (QED) is 0.757. The molecule has 0 atom stereocenters. The van der Waals surface area contributed by atoms with Gasteiger partial charge in [-0.15, -0.1) is 11.3 Å². The average molecular weight is 194 g/mol. The van der Waals surface area contributed by atoms with Crippen LogP contribution in [-0.4, -0.2) is 15.2 Å². The van der Waals surface area contributed by atoms with Gasteiger partial charge in [0.2, 0.25) is 0 Å². The van der Waals surface area contributed by atoms with E-state index in [1.54, 1.807) is 11.3 Å². The van der Waals surface area contributed by atoms with Gasteiger partial charge in [0.25, 0.3) is 0 Å². The highest BCUT2D eigenvalue weighted by atomic mass is 32.1. The second kappa shape index (κ2) is 3.27. The molecule has 0 saturated heterocycles. The first-order valence-electron chi connectivity index (χ1n) is 3.98. The van der Waals surface area contributed by atoms with Crippen molar-refractivity contribution in [2.24, 2.45) is 5.73 Å². The van der Waals surface area contributed by atoms with Crippen LogP contribution in [0.1, 0.15) is 10.7 Å². The Morgan fingerprint density at radius 2 is 2.38 bits per heavy atom. The summed E-state index contributed by atoms with van der Waals surface area (Å²) in [6, 6.07) is 4.07. The summed E-state index contributed by atoms with van der Waals surface area (Å²) in [6.07, 6.45) is 0. The van der Waals surface area contributed by atoms with Gasteiger partial charge in [0.15, 0.2) is 5.82 Å². The Bertz CT molecular complexity index is 404. The Hall–Kier alpha value is -1.20. The van der Waals surface area contributed by atoms with Crippen molar-refractivity contribution < 1.29 is 0 Å². The summed E-state index contributed by atoms with van der Waals surface area (Å²) >= 11 is 1.68. The van der Waals surface area contributed by atoms with E-state index in [0.29, 0.717) is 6.54 Å². The Labute approximate surface area is 79.8 Å². The van der Waals surface area contributed by atoms with Crippen LogP contribution in [-0.2, 0) is 6.54 Å². The van der Waals surface area contributed by atoms with Gasteiger partial charge in [0, 0.05) is 4.88 Å². The number of thiophene rings is 1. The van der Waals surface area contributed by atoms with E-state index in [2.05, 4.69) is 28.2 Å². The SMILES string of the molecule is Cc1ccc(-c2n[nH]c(CN)n2)s1. The molecule has 0 unspecified atom stereocenters. The number of hydrogen-bond donors (Lipinski definition) is 2. The maximum Gasteiger partial charge on any atom is 0.191 e. The van der Waals surface area contributed by atoms with Crippen LogP contribution in [0.25, 0.3) is 10.7 Å². The molecule has 13 heavy (non-hydrogen) atoms. The summed E-state index contributed by atoms with van der Waals surface area (Å²) in [5, 5.41) is 6.85. The molecule has 0 saturated carbocycles. The van der Waals surface area contributed by atoms with E-state index in [-0.39, 0.29) is 0 Å². The van der Waals surface area contributed by atoms with E-state index in [4.69, 9.17) is 5.73 Å². The zero-order valence-corrected chi connectivity index (χ0v) is 8.06. The monoisotopic (exact) mass is 194 g/mol. The minimum Gasteiger partial charge on any atom is -0.324 e. The smallest absolute Gasteiger partial charge is 0.191 e. The first-order chi connectivity index (χ1) is 6.29. The Morgan fingerprint density at radius 1 is 1.54 bits per heavy atom. The summed E-state index contributed by atoms with van der Waals surface area (Å²) in [4.78, 5) is 6.57. The highest BCUT2D eigenvalue weighted by Crippen LogP contribution is 2.24. The van der Waals surface area contributed by atoms with Gasteiger partial charge < -0.3 is 5.73 Å². The largest absolute Gasteiger partial charge is 0.324 e. The first-order valence-corrected chi connectivity index (χ1v) is 4.79. The van der Waals surface area contributed by atoms with E-state index in [9.17, 15) is 0 Å². The predicted octanol–water partition coefficient (Wildman–Crippen LogP) is 1.30. The van der Waals surface area contributed by atoms with Crippen LogP contribution >= 0.6 is 11.3 Å². The van der Waals surface area contributed by atoms with Crippen LogP contribution in [0.5, 0.6) is 0 Å². The first kappa shape index (κ1) is 8.40. The molecule has 3 N–H and O–H groups in total. The number of aromatic amines is 1. The lowest BCUT2D eigenvalue weighted by Crippen LogP contribution is -1.97. The molecule has 2 heterocycles. The third kappa shape index (κ3) is 1.61. The highest BCUT2D eigenvalue weighted by molar-refractivity contribution is 7.15. The summed E-state index contributed by atoms with van der Waals surface area (Å²) in [7, 11) is 0. The van der Waals surface area contributed by atoms with E-state index in [0.717, 1.165) is 16.5 Å². The number of aromatic nitrogens is 3. The number of hydrogen-bond acceptors (Lipinski definition) is 4. The molecule has 2 rings (SSSR count). The number of nitrogens with one attached hydrogen (secondary N) is 1. The third-order valence-electron chi connectivity index (χ3n) is 1.69. The van der Waals surface area contributed by atoms with E-state index >= 15 is 0 Å². The van der Waals surface area contributed by atoms with Gasteiger partial charge in [0.05, 0.1) is 11.4 Å². The summed E-state index contributed by atoms with van der Waals surface area (Å²) < 4.78 is 0. The van der Waals surface area contributed by atoms with Crippen molar-refractivity contribution in [3.05, 3.63) is 22.8 Å². The second-order valence-corrected chi connectivity index (χ2v) is 4.01. The van der Waals surface area contributed by atoms with Gasteiger partial charge in [-0.3, -0.25) is 5.10 Å². The lowest BCUT2D eigenvalue weighted by molar-refractivity contribution is 0.917. The Kier molecular flexibility index (Phi) is 2.12. The van der Waals surface area contributed by atoms with Crippen LogP contribution in [0, 0.1) is 6.92 Å². The van der Waals surface area contributed by atoms with Crippen LogP contribution in [0.15, 0.2) is 12.1 Å². The molecule has 0 aliphatic carbocycles. The maximum absolute atomic E-state index is 5.42. The number of rotatable bonds is 2. The van der Waals surface area contributed by atoms with Crippen LogP contribution < -0.4 is 5.73 Å². The fourth-order valence-corrected chi connectivity index (χ4v) is 1.85. The Balaban J connectivity index is 2.35. The van der Waals surface area contributed by atoms with Gasteiger partial charge in [-0.25, -0.2) is 4.98 Å². The number of aryl methyl sites for hydroxylation is 1. The number of nitrogens with zero attached hydrogens (tertiary/aromatic N) is 2. The normalized spacial score (nSPS) is 10.6. The topological polar surface area (TPSA) is 67.6 Å². The van der Waals surface area contributed by atoms with Crippen LogP contribution in [0.2, 0.25) is 0 Å². The van der Waals surface area contributed by atoms with Gasteiger partial charge in [0.1, 0.15) is 5.82 Å².